The van der Waals surface area contributed by atoms with Gasteiger partial charge >= 0.3 is 0 Å². The molecule has 0 unspecified atom stereocenters. The second kappa shape index (κ2) is 11.7. The second-order valence-corrected chi connectivity index (χ2v) is 11.1. The van der Waals surface area contributed by atoms with Crippen molar-refractivity contribution in [1.29, 1.82) is 0 Å². The van der Waals surface area contributed by atoms with E-state index in [1.54, 1.807) is 11.3 Å². The molecule has 4 aromatic rings. The van der Waals surface area contributed by atoms with Crippen LogP contribution in [0.15, 0.2) is 56.4 Å². The monoisotopic (exact) mass is 551 g/mol. The molecule has 1 amide bonds. The SMILES string of the molecule is C/C(=N\Nc1nnc(SCC(=O)Nc2nnc(SCc3ccc(Cl)cc3)s2)n1N)c1cccs1. The minimum atomic E-state index is -0.250. The van der Waals surface area contributed by atoms with E-state index >= 15 is 0 Å². The highest BCUT2D eigenvalue weighted by molar-refractivity contribution is 8.00. The topological polar surface area (TPSA) is 136 Å². The molecular weight excluding hydrogens is 534 g/mol. The first-order chi connectivity index (χ1) is 16.5. The highest BCUT2D eigenvalue weighted by atomic mass is 35.5. The van der Waals surface area contributed by atoms with Gasteiger partial charge in [0, 0.05) is 15.7 Å². The van der Waals surface area contributed by atoms with Crippen molar-refractivity contribution in [2.45, 2.75) is 22.2 Å². The lowest BCUT2D eigenvalue weighted by molar-refractivity contribution is -0.113. The van der Waals surface area contributed by atoms with Crippen LogP contribution in [-0.4, -0.2) is 42.4 Å². The number of nitrogens with one attached hydrogen (secondary N) is 2. The molecule has 15 heteroatoms. The Morgan fingerprint density at radius 3 is 2.76 bits per heavy atom. The molecule has 3 aromatic heterocycles. The second-order valence-electron chi connectivity index (χ2n) is 6.59. The highest BCUT2D eigenvalue weighted by Crippen LogP contribution is 2.29. The first-order valence-electron chi connectivity index (χ1n) is 9.66. The Morgan fingerprint density at radius 2 is 2.00 bits per heavy atom. The lowest BCUT2D eigenvalue weighted by Crippen LogP contribution is -2.17. The number of carbonyl (C=O) groups is 1. The van der Waals surface area contributed by atoms with Crippen LogP contribution in [0.1, 0.15) is 17.4 Å². The summed E-state index contributed by atoms with van der Waals surface area (Å²) in [7, 11) is 0. The van der Waals surface area contributed by atoms with Gasteiger partial charge in [-0.15, -0.1) is 31.7 Å². The normalized spacial score (nSPS) is 11.5. The van der Waals surface area contributed by atoms with Crippen molar-refractivity contribution in [3.63, 3.8) is 0 Å². The van der Waals surface area contributed by atoms with Crippen LogP contribution in [0.5, 0.6) is 0 Å². The summed E-state index contributed by atoms with van der Waals surface area (Å²) < 4.78 is 2.01. The van der Waals surface area contributed by atoms with E-state index in [4.69, 9.17) is 17.4 Å². The molecule has 3 heterocycles. The molecule has 176 valence electrons. The Bertz CT molecular complexity index is 1270. The molecule has 0 fully saturated rings. The summed E-state index contributed by atoms with van der Waals surface area (Å²) in [5, 5.41) is 26.6. The van der Waals surface area contributed by atoms with Gasteiger partial charge in [0.1, 0.15) is 0 Å². The summed E-state index contributed by atoms with van der Waals surface area (Å²) in [4.78, 5) is 13.4. The number of thioether (sulfide) groups is 2. The molecule has 4 rings (SSSR count). The number of amides is 1. The summed E-state index contributed by atoms with van der Waals surface area (Å²) in [6.07, 6.45) is 0. The molecule has 0 atom stereocenters. The van der Waals surface area contributed by atoms with Crippen LogP contribution in [0.4, 0.5) is 11.1 Å². The minimum Gasteiger partial charge on any atom is -0.334 e. The van der Waals surface area contributed by atoms with E-state index in [2.05, 4.69) is 36.2 Å². The first-order valence-corrected chi connectivity index (χ1v) is 13.7. The summed E-state index contributed by atoms with van der Waals surface area (Å²) in [6, 6.07) is 11.5. The fourth-order valence-electron chi connectivity index (χ4n) is 2.45. The van der Waals surface area contributed by atoms with Crippen LogP contribution < -0.4 is 16.6 Å². The number of benzene rings is 1. The molecular formula is C19H18ClN9OS4. The first kappa shape index (κ1) is 24.5. The van der Waals surface area contributed by atoms with Crippen LogP contribution in [-0.2, 0) is 10.5 Å². The third-order valence-corrected chi connectivity index (χ3v) is 8.34. The summed E-state index contributed by atoms with van der Waals surface area (Å²) in [6.45, 7) is 1.88. The smallest absolute Gasteiger partial charge is 0.264 e. The Kier molecular flexibility index (Phi) is 8.39. The molecule has 0 aliphatic carbocycles. The van der Waals surface area contributed by atoms with Crippen molar-refractivity contribution in [1.82, 2.24) is 25.1 Å². The lowest BCUT2D eigenvalue weighted by atomic mass is 10.2. The zero-order chi connectivity index (χ0) is 23.9. The van der Waals surface area contributed by atoms with Gasteiger partial charge in [0.15, 0.2) is 4.34 Å². The number of nitrogen functional groups attached to an aromatic ring is 1. The molecule has 10 nitrogen and oxygen atoms in total. The van der Waals surface area contributed by atoms with Gasteiger partial charge in [0.05, 0.1) is 11.5 Å². The van der Waals surface area contributed by atoms with Crippen molar-refractivity contribution in [3.05, 3.63) is 57.2 Å². The third-order valence-electron chi connectivity index (χ3n) is 4.13. The van der Waals surface area contributed by atoms with Gasteiger partial charge in [-0.25, -0.2) is 10.1 Å². The molecule has 4 N–H and O–H groups in total. The standard InChI is InChI=1S/C19H18ClN9OS4/c1-11(14-3-2-8-31-14)23-24-16-25-27-18(29(16)21)32-10-15(30)22-17-26-28-19(34-17)33-9-12-4-6-13(20)7-5-12/h2-8H,9-10,21H2,1H3,(H,24,25)(H,22,26,30)/b23-11+. The maximum atomic E-state index is 12.3. The number of hydrogen-bond acceptors (Lipinski definition) is 12. The van der Waals surface area contributed by atoms with Crippen molar-refractivity contribution in [2.24, 2.45) is 5.10 Å². The molecule has 1 aromatic carbocycles. The Labute approximate surface area is 216 Å². The molecule has 0 aliphatic rings. The van der Waals surface area contributed by atoms with Gasteiger partial charge in [-0.3, -0.25) is 10.1 Å². The van der Waals surface area contributed by atoms with E-state index < -0.39 is 0 Å². The maximum Gasteiger partial charge on any atom is 0.264 e. The minimum absolute atomic E-state index is 0.0830. The fourth-order valence-corrected chi connectivity index (χ4v) is 5.64. The van der Waals surface area contributed by atoms with E-state index in [0.29, 0.717) is 15.3 Å². The van der Waals surface area contributed by atoms with E-state index in [-0.39, 0.29) is 17.6 Å². The zero-order valence-corrected chi connectivity index (χ0v) is 21.7. The average molecular weight is 552 g/mol. The van der Waals surface area contributed by atoms with E-state index in [1.165, 1.54) is 27.8 Å². The maximum absolute atomic E-state index is 12.3. The van der Waals surface area contributed by atoms with E-state index in [1.807, 2.05) is 48.7 Å². The number of rotatable bonds is 10. The number of anilines is 2. The fraction of sp³-hybridized carbons (Fsp3) is 0.158. The van der Waals surface area contributed by atoms with E-state index in [0.717, 1.165) is 38.0 Å². The van der Waals surface area contributed by atoms with Gasteiger partial charge in [-0.1, -0.05) is 64.7 Å². The molecule has 0 saturated heterocycles. The van der Waals surface area contributed by atoms with Crippen molar-refractivity contribution in [3.8, 4) is 0 Å². The molecule has 0 saturated carbocycles. The molecule has 0 aliphatic heterocycles. The van der Waals surface area contributed by atoms with Crippen molar-refractivity contribution >= 4 is 80.5 Å². The quantitative estimate of drug-likeness (QED) is 0.0859. The Hall–Kier alpha value is -2.65. The predicted octanol–water partition coefficient (Wildman–Crippen LogP) is 4.42. The van der Waals surface area contributed by atoms with E-state index in [9.17, 15) is 4.79 Å². The summed E-state index contributed by atoms with van der Waals surface area (Å²) >= 11 is 11.5. The molecule has 0 radical (unpaired) electrons. The average Bonchev–Trinajstić information content (AvgIpc) is 3.58. The Balaban J connectivity index is 1.24. The van der Waals surface area contributed by atoms with Gasteiger partial charge in [-0.05, 0) is 36.1 Å². The largest absolute Gasteiger partial charge is 0.334 e. The molecule has 0 spiro atoms. The zero-order valence-electron chi connectivity index (χ0n) is 17.6. The Morgan fingerprint density at radius 1 is 1.18 bits per heavy atom. The number of carbonyl (C=O) groups excluding carboxylic acids is 1. The van der Waals surface area contributed by atoms with Crippen molar-refractivity contribution < 1.29 is 4.79 Å². The van der Waals surface area contributed by atoms with Gasteiger partial charge < -0.3 is 5.84 Å². The lowest BCUT2D eigenvalue weighted by Gasteiger charge is -2.03. The number of halogens is 1. The third kappa shape index (κ3) is 6.70. The van der Waals surface area contributed by atoms with Crippen molar-refractivity contribution in [2.75, 3.05) is 22.3 Å². The number of thiophene rings is 1. The van der Waals surface area contributed by atoms with Crippen LogP contribution in [0.2, 0.25) is 5.02 Å². The van der Waals surface area contributed by atoms with Gasteiger partial charge in [0.2, 0.25) is 16.2 Å². The summed E-state index contributed by atoms with van der Waals surface area (Å²) in [5.41, 5.74) is 4.72. The molecule has 34 heavy (non-hydrogen) atoms. The summed E-state index contributed by atoms with van der Waals surface area (Å²) in [5.74, 6) is 6.85. The van der Waals surface area contributed by atoms with Crippen LogP contribution >= 0.6 is 57.8 Å². The van der Waals surface area contributed by atoms with Crippen LogP contribution in [0.3, 0.4) is 0 Å². The number of hydrazone groups is 1. The van der Waals surface area contributed by atoms with Crippen LogP contribution in [0.25, 0.3) is 0 Å². The van der Waals surface area contributed by atoms with Crippen LogP contribution in [0, 0.1) is 0 Å². The number of nitrogens with two attached hydrogens (primary N) is 1. The number of hydrogen-bond donors (Lipinski definition) is 3. The highest BCUT2D eigenvalue weighted by Gasteiger charge is 2.14. The van der Waals surface area contributed by atoms with Gasteiger partial charge in [-0.2, -0.15) is 5.10 Å². The number of nitrogens with zero attached hydrogens (tertiary/aromatic N) is 6. The van der Waals surface area contributed by atoms with Gasteiger partial charge in [0.25, 0.3) is 5.95 Å². The predicted molar refractivity (Wildman–Crippen MR) is 141 cm³/mol. The molecule has 0 bridgehead atoms. The number of aromatic nitrogens is 5.